The fourth-order valence-electron chi connectivity index (χ4n) is 7.90. The third kappa shape index (κ3) is 6.45. The van der Waals surface area contributed by atoms with Crippen molar-refractivity contribution in [2.45, 2.75) is 166 Å². The molecular formula is C35H60N4O7Si2. The Morgan fingerprint density at radius 1 is 0.875 bits per heavy atom. The van der Waals surface area contributed by atoms with Crippen LogP contribution in [-0.2, 0) is 32.5 Å². The summed E-state index contributed by atoms with van der Waals surface area (Å²) in [6, 6.07) is 5.32. The van der Waals surface area contributed by atoms with Crippen molar-refractivity contribution >= 4 is 27.7 Å². The number of pyridine rings is 1. The van der Waals surface area contributed by atoms with Crippen molar-refractivity contribution in [2.24, 2.45) is 5.92 Å². The number of rotatable bonds is 11. The van der Waals surface area contributed by atoms with Crippen LogP contribution < -0.4 is 5.49 Å². The van der Waals surface area contributed by atoms with Gasteiger partial charge in [0.15, 0.2) is 39.9 Å². The van der Waals surface area contributed by atoms with E-state index < -0.39 is 34.4 Å². The number of imidazole rings is 1. The van der Waals surface area contributed by atoms with Gasteiger partial charge in [-0.1, -0.05) is 41.5 Å². The Labute approximate surface area is 288 Å². The number of nitrogens with one attached hydrogen (secondary N) is 1. The molecule has 8 atom stereocenters. The first kappa shape index (κ1) is 36.4. The first-order valence-electron chi connectivity index (χ1n) is 18.1. The number of hydrogen-bond donors (Lipinski definition) is 1. The molecule has 2 aromatic rings. The maximum absolute atomic E-state index is 9.39. The highest BCUT2D eigenvalue weighted by Crippen LogP contribution is 2.48. The third-order valence-corrected chi connectivity index (χ3v) is 21.1. The second-order valence-corrected chi connectivity index (χ2v) is 26.4. The summed E-state index contributed by atoms with van der Waals surface area (Å²) in [5.74, 6) is -1.24. The van der Waals surface area contributed by atoms with Crippen LogP contribution in [-0.4, -0.2) is 86.1 Å². The van der Waals surface area contributed by atoms with Crippen LogP contribution in [0.25, 0.3) is 11.0 Å². The van der Waals surface area contributed by atoms with Gasteiger partial charge in [-0.3, -0.25) is 5.41 Å². The zero-order valence-corrected chi connectivity index (χ0v) is 33.3. The molecule has 0 amide bonds. The van der Waals surface area contributed by atoms with Crippen molar-refractivity contribution in [1.82, 2.24) is 14.1 Å². The normalized spacial score (nSPS) is 33.1. The minimum atomic E-state index is -2.00. The topological polar surface area (TPSA) is 111 Å². The van der Waals surface area contributed by atoms with E-state index in [1.54, 1.807) is 6.33 Å². The highest BCUT2D eigenvalue weighted by Gasteiger charge is 2.57. The Hall–Kier alpha value is -1.43. The van der Waals surface area contributed by atoms with Gasteiger partial charge in [-0.15, -0.1) is 0 Å². The predicted octanol–water partition coefficient (Wildman–Crippen LogP) is 6.86. The molecule has 11 nitrogen and oxygen atoms in total. The zero-order chi connectivity index (χ0) is 35.0. The van der Waals surface area contributed by atoms with E-state index in [0.29, 0.717) is 24.2 Å². The van der Waals surface area contributed by atoms with Gasteiger partial charge in [-0.05, 0) is 76.4 Å². The predicted molar refractivity (Wildman–Crippen MR) is 189 cm³/mol. The van der Waals surface area contributed by atoms with Gasteiger partial charge in [0, 0.05) is 18.7 Å². The van der Waals surface area contributed by atoms with Gasteiger partial charge in [0.25, 0.3) is 0 Å². The molecule has 13 heteroatoms. The third-order valence-electron chi connectivity index (χ3n) is 12.0. The number of ether oxygens (including phenoxy) is 5. The summed E-state index contributed by atoms with van der Waals surface area (Å²) in [5.41, 5.74) is 1.78. The average Bonchev–Trinajstić information content (AvgIpc) is 3.79. The molecule has 2 aromatic heterocycles. The Morgan fingerprint density at radius 3 is 2.10 bits per heavy atom. The van der Waals surface area contributed by atoms with Gasteiger partial charge >= 0.3 is 0 Å². The largest absolute Gasteiger partial charge is 0.416 e. The highest BCUT2D eigenvalue weighted by molar-refractivity contribution is 6.74. The van der Waals surface area contributed by atoms with E-state index in [1.807, 2.05) is 49.1 Å². The smallest absolute Gasteiger partial charge is 0.192 e. The van der Waals surface area contributed by atoms with Gasteiger partial charge in [0.2, 0.25) is 0 Å². The summed E-state index contributed by atoms with van der Waals surface area (Å²) >= 11 is 0. The van der Waals surface area contributed by atoms with Crippen molar-refractivity contribution in [3.05, 3.63) is 24.1 Å². The second kappa shape index (κ2) is 12.7. The minimum absolute atomic E-state index is 0.0651. The number of nitrogens with zero attached hydrogens (tertiary/aromatic N) is 3. The molecule has 0 radical (unpaired) electrons. The van der Waals surface area contributed by atoms with Gasteiger partial charge in [-0.2, -0.15) is 0 Å². The summed E-state index contributed by atoms with van der Waals surface area (Å²) in [7, 11) is -3.76. The van der Waals surface area contributed by atoms with E-state index in [4.69, 9.17) is 37.5 Å². The number of fused-ring (bicyclic) bond motifs is 3. The molecule has 0 aromatic carbocycles. The fraction of sp³-hybridized carbons (Fsp3) is 0.829. The van der Waals surface area contributed by atoms with Crippen molar-refractivity contribution in [3.8, 4) is 0 Å². The molecule has 1 aliphatic carbocycles. The van der Waals surface area contributed by atoms with Crippen molar-refractivity contribution in [2.75, 3.05) is 13.2 Å². The summed E-state index contributed by atoms with van der Waals surface area (Å²) < 4.78 is 50.0. The Morgan fingerprint density at radius 2 is 1.48 bits per heavy atom. The first-order chi connectivity index (χ1) is 22.3. The maximum Gasteiger partial charge on any atom is 0.192 e. The van der Waals surface area contributed by atoms with Gasteiger partial charge in [0.05, 0.1) is 30.6 Å². The number of hydrogen-bond acceptors (Lipinski definition) is 9. The van der Waals surface area contributed by atoms with Crippen molar-refractivity contribution in [3.63, 3.8) is 0 Å². The van der Waals surface area contributed by atoms with E-state index in [0.717, 1.165) is 30.1 Å². The van der Waals surface area contributed by atoms with E-state index in [9.17, 15) is 5.41 Å². The van der Waals surface area contributed by atoms with Crippen LogP contribution in [0.3, 0.4) is 0 Å². The lowest BCUT2D eigenvalue weighted by molar-refractivity contribution is -0.199. The lowest BCUT2D eigenvalue weighted by Gasteiger charge is -2.37. The number of aromatic nitrogens is 3. The minimum Gasteiger partial charge on any atom is -0.416 e. The van der Waals surface area contributed by atoms with Gasteiger partial charge in [0.1, 0.15) is 29.9 Å². The van der Waals surface area contributed by atoms with Crippen molar-refractivity contribution in [1.29, 1.82) is 5.41 Å². The molecular weight excluding hydrogens is 645 g/mol. The fourth-order valence-corrected chi connectivity index (χ4v) is 11.6. The molecule has 270 valence electrons. The summed E-state index contributed by atoms with van der Waals surface area (Å²) in [6.07, 6.45) is 2.99. The summed E-state index contributed by atoms with van der Waals surface area (Å²) in [4.78, 5) is 4.79. The maximum atomic E-state index is 9.39. The van der Waals surface area contributed by atoms with E-state index in [1.165, 1.54) is 0 Å². The van der Waals surface area contributed by atoms with E-state index >= 15 is 0 Å². The van der Waals surface area contributed by atoms with Crippen LogP contribution in [0.15, 0.2) is 18.6 Å². The monoisotopic (exact) mass is 704 g/mol. The lowest BCUT2D eigenvalue weighted by atomic mass is 10.1. The van der Waals surface area contributed by atoms with Crippen molar-refractivity contribution < 1.29 is 32.5 Å². The molecule has 4 fully saturated rings. The highest BCUT2D eigenvalue weighted by atomic mass is 28.4. The molecule has 3 saturated heterocycles. The summed E-state index contributed by atoms with van der Waals surface area (Å²) in [6.45, 7) is 27.0. The Kier molecular flexibility index (Phi) is 9.59. The first-order valence-corrected chi connectivity index (χ1v) is 23.6. The average molecular weight is 705 g/mol. The molecule has 4 aliphatic rings. The van der Waals surface area contributed by atoms with E-state index in [2.05, 4.69) is 54.6 Å². The SMILES string of the molecule is CC[Si](CC)(CC)OC[C@H]1C[C@@H](n2ccc3c(ncn3[C@@H]3O[C@H](CO[Si](C)(C)C(C)(C)C)[C@H]4OC(C)(C)O[C@H]43)c2=N)[C@@H]2OC(C)(C)O[C@H]12. The van der Waals surface area contributed by atoms with Crippen LogP contribution in [0.5, 0.6) is 0 Å². The molecule has 0 unspecified atom stereocenters. The van der Waals surface area contributed by atoms with Gasteiger partial charge in [-0.25, -0.2) is 4.98 Å². The van der Waals surface area contributed by atoms with Gasteiger partial charge < -0.3 is 41.7 Å². The van der Waals surface area contributed by atoms with Crippen LogP contribution in [0.1, 0.15) is 87.9 Å². The zero-order valence-electron chi connectivity index (χ0n) is 31.3. The second-order valence-electron chi connectivity index (χ2n) is 16.8. The molecule has 5 heterocycles. The van der Waals surface area contributed by atoms with Crippen LogP contribution in [0, 0.1) is 11.3 Å². The van der Waals surface area contributed by atoms with Crippen LogP contribution >= 0.6 is 0 Å². The molecule has 3 aliphatic heterocycles. The molecule has 1 saturated carbocycles. The Bertz CT molecular complexity index is 1520. The lowest BCUT2D eigenvalue weighted by Crippen LogP contribution is -2.44. The van der Waals surface area contributed by atoms with E-state index in [-0.39, 0.29) is 47.5 Å². The molecule has 0 spiro atoms. The molecule has 6 rings (SSSR count). The Balaban J connectivity index is 1.26. The standard InChI is InChI=1S/C35H60N4O7Si2/c1-13-48(14-2,15-3)41-19-22-18-24(28-27(22)43-34(7,8)44-28)38-17-16-23-26(31(38)36)37-21-39(23)32-30-29(45-35(9,10)46-30)25(42-32)20-40-47(11,12)33(4,5)6/h16-17,21-22,24-25,27-30,32,36H,13-15,18-20H2,1-12H3/t22-,24-,25-,27-,28+,29-,30-,32-/m1/s1. The molecule has 48 heavy (non-hydrogen) atoms. The molecule has 1 N–H and O–H groups in total. The summed E-state index contributed by atoms with van der Waals surface area (Å²) in [5, 5.41) is 9.48. The van der Waals surface area contributed by atoms with Crippen LogP contribution in [0.4, 0.5) is 0 Å². The quantitative estimate of drug-likeness (QED) is 0.253. The molecule has 0 bridgehead atoms. The van der Waals surface area contributed by atoms with Crippen LogP contribution in [0.2, 0.25) is 36.3 Å².